The molecule has 1 saturated heterocycles. The molecule has 6 rings (SSSR count). The van der Waals surface area contributed by atoms with Gasteiger partial charge in [-0.1, -0.05) is 43.0 Å². The van der Waals surface area contributed by atoms with Crippen molar-refractivity contribution in [3.63, 3.8) is 0 Å². The molecule has 4 aromatic rings. The summed E-state index contributed by atoms with van der Waals surface area (Å²) in [5.74, 6) is -0.237. The highest BCUT2D eigenvalue weighted by Crippen LogP contribution is 2.35. The van der Waals surface area contributed by atoms with E-state index in [9.17, 15) is 4.39 Å². The van der Waals surface area contributed by atoms with Crippen molar-refractivity contribution in [2.24, 2.45) is 0 Å². The third kappa shape index (κ3) is 5.32. The predicted octanol–water partition coefficient (Wildman–Crippen LogP) is 7.58. The first-order chi connectivity index (χ1) is 19.6. The van der Waals surface area contributed by atoms with E-state index < -0.39 is 0 Å². The smallest absolute Gasteiger partial charge is 0.123 e. The van der Waals surface area contributed by atoms with Crippen molar-refractivity contribution in [2.75, 3.05) is 19.6 Å². The molecule has 6 heteroatoms. The summed E-state index contributed by atoms with van der Waals surface area (Å²) in [4.78, 5) is 6.15. The highest BCUT2D eigenvalue weighted by atomic mass is 19.1. The summed E-state index contributed by atoms with van der Waals surface area (Å²) in [5, 5.41) is 12.3. The van der Waals surface area contributed by atoms with E-state index in [4.69, 9.17) is 5.10 Å². The van der Waals surface area contributed by atoms with E-state index in [1.54, 1.807) is 0 Å². The molecule has 0 radical (unpaired) electrons. The van der Waals surface area contributed by atoms with Gasteiger partial charge < -0.3 is 15.2 Å². The zero-order valence-corrected chi connectivity index (χ0v) is 23.1. The normalized spacial score (nSPS) is 16.2. The number of nitrogens with zero attached hydrogens (tertiary/aromatic N) is 2. The van der Waals surface area contributed by atoms with E-state index >= 15 is 0 Å². The van der Waals surface area contributed by atoms with Crippen LogP contribution in [0.4, 0.5) is 4.39 Å². The van der Waals surface area contributed by atoms with Crippen LogP contribution in [0.5, 0.6) is 0 Å². The summed E-state index contributed by atoms with van der Waals surface area (Å²) in [6.07, 6.45) is 13.3. The van der Waals surface area contributed by atoms with E-state index in [1.807, 2.05) is 24.4 Å². The molecule has 0 spiro atoms. The second-order valence-corrected chi connectivity index (χ2v) is 10.7. The number of halogens is 1. The first-order valence-corrected chi connectivity index (χ1v) is 14.2. The number of hydrogen-bond acceptors (Lipinski definition) is 3. The number of allylic oxidation sites excluding steroid dienone is 5. The van der Waals surface area contributed by atoms with Crippen molar-refractivity contribution >= 4 is 22.0 Å². The molecule has 4 heterocycles. The molecule has 40 heavy (non-hydrogen) atoms. The lowest BCUT2D eigenvalue weighted by Gasteiger charge is -2.15. The van der Waals surface area contributed by atoms with Gasteiger partial charge in [0.25, 0.3) is 0 Å². The molecule has 3 N–H and O–H groups in total. The number of hydrogen-bond donors (Lipinski definition) is 3. The zero-order valence-electron chi connectivity index (χ0n) is 23.1. The van der Waals surface area contributed by atoms with Gasteiger partial charge in [-0.05, 0) is 105 Å². The average Bonchev–Trinajstić information content (AvgIpc) is 3.74. The number of fused-ring (bicyclic) bond motifs is 2. The van der Waals surface area contributed by atoms with Crippen LogP contribution < -0.4 is 5.32 Å². The maximum absolute atomic E-state index is 13.5. The SMILES string of the molecule is C=C/C(=C\C(=C/C)c1ccc2[nH]nc(-c3cc4c([nH]3)CNC=C4c3ccc(F)cc3)c2c1)CCCN1CCCC1. The molecule has 204 valence electrons. The third-order valence-corrected chi connectivity index (χ3v) is 8.07. The lowest BCUT2D eigenvalue weighted by atomic mass is 9.96. The van der Waals surface area contributed by atoms with Crippen molar-refractivity contribution in [1.29, 1.82) is 0 Å². The van der Waals surface area contributed by atoms with Crippen molar-refractivity contribution in [3.05, 3.63) is 113 Å². The molecule has 5 nitrogen and oxygen atoms in total. The maximum atomic E-state index is 13.5. The second-order valence-electron chi connectivity index (χ2n) is 10.7. The van der Waals surface area contributed by atoms with Gasteiger partial charge in [-0.3, -0.25) is 5.10 Å². The highest BCUT2D eigenvalue weighted by molar-refractivity contribution is 5.96. The summed E-state index contributed by atoms with van der Waals surface area (Å²) in [5.41, 5.74) is 10.6. The number of nitrogens with one attached hydrogen (secondary N) is 3. The van der Waals surface area contributed by atoms with Gasteiger partial charge >= 0.3 is 0 Å². The molecule has 2 aliphatic rings. The van der Waals surface area contributed by atoms with Gasteiger partial charge in [0.05, 0.1) is 17.8 Å². The molecular formula is C34H36FN5. The summed E-state index contributed by atoms with van der Waals surface area (Å²) in [6, 6.07) is 15.3. The van der Waals surface area contributed by atoms with E-state index in [1.165, 1.54) is 49.2 Å². The van der Waals surface area contributed by atoms with E-state index in [2.05, 4.69) is 70.2 Å². The van der Waals surface area contributed by atoms with Gasteiger partial charge in [-0.25, -0.2) is 4.39 Å². The van der Waals surface area contributed by atoms with Gasteiger partial charge in [0.2, 0.25) is 0 Å². The van der Waals surface area contributed by atoms with Crippen LogP contribution >= 0.6 is 0 Å². The van der Waals surface area contributed by atoms with Gasteiger partial charge in [0.1, 0.15) is 11.5 Å². The largest absolute Gasteiger partial charge is 0.385 e. The molecule has 0 amide bonds. The Bertz CT molecular complexity index is 1610. The van der Waals surface area contributed by atoms with Crippen LogP contribution in [-0.2, 0) is 6.54 Å². The fraction of sp³-hybridized carbons (Fsp3) is 0.265. The molecule has 0 saturated carbocycles. The standard InChI is InChI=1S/C34H36FN5/c1-3-23(8-7-17-40-15-5-6-16-40)18-24(4-2)26-11-14-31-29(19-26)34(39-38-31)32-20-28-30(21-36-22-33(28)37-32)25-9-12-27(35)13-10-25/h3-4,9-14,18-21,36-37H,1,5-8,15-17,22H2,2H3,(H,38,39)/b23-18+,24-4+. The summed E-state index contributed by atoms with van der Waals surface area (Å²) in [6.45, 7) is 10.5. The zero-order chi connectivity index (χ0) is 27.5. The first-order valence-electron chi connectivity index (χ1n) is 14.2. The molecule has 0 unspecified atom stereocenters. The maximum Gasteiger partial charge on any atom is 0.123 e. The van der Waals surface area contributed by atoms with E-state index in [0.29, 0.717) is 6.54 Å². The number of rotatable bonds is 9. The molecule has 0 bridgehead atoms. The predicted molar refractivity (Wildman–Crippen MR) is 163 cm³/mol. The summed E-state index contributed by atoms with van der Waals surface area (Å²) >= 11 is 0. The number of aromatic nitrogens is 3. The van der Waals surface area contributed by atoms with Crippen LogP contribution in [-0.4, -0.2) is 39.7 Å². The van der Waals surface area contributed by atoms with Crippen molar-refractivity contribution in [1.82, 2.24) is 25.4 Å². The third-order valence-electron chi connectivity index (χ3n) is 8.07. The van der Waals surface area contributed by atoms with Crippen molar-refractivity contribution in [2.45, 2.75) is 39.2 Å². The van der Waals surface area contributed by atoms with Crippen LogP contribution in [0.25, 0.3) is 33.4 Å². The Labute approximate surface area is 235 Å². The van der Waals surface area contributed by atoms with Gasteiger partial charge in [0, 0.05) is 28.4 Å². The van der Waals surface area contributed by atoms with Crippen LogP contribution in [0.3, 0.4) is 0 Å². The Morgan fingerprint density at radius 1 is 1.10 bits per heavy atom. The monoisotopic (exact) mass is 533 g/mol. The molecular weight excluding hydrogens is 497 g/mol. The average molecular weight is 534 g/mol. The highest BCUT2D eigenvalue weighted by Gasteiger charge is 2.20. The second kappa shape index (κ2) is 11.5. The van der Waals surface area contributed by atoms with E-state index in [-0.39, 0.29) is 5.82 Å². The number of H-pyrrole nitrogens is 2. The Balaban J connectivity index is 1.27. The van der Waals surface area contributed by atoms with Crippen LogP contribution in [0.1, 0.15) is 55.0 Å². The number of aromatic amines is 2. The lowest BCUT2D eigenvalue weighted by Crippen LogP contribution is -2.20. The summed E-state index contributed by atoms with van der Waals surface area (Å²) in [7, 11) is 0. The first kappa shape index (κ1) is 26.1. The molecule has 2 aliphatic heterocycles. The Morgan fingerprint density at radius 2 is 1.93 bits per heavy atom. The van der Waals surface area contributed by atoms with Gasteiger partial charge in [0.15, 0.2) is 0 Å². The van der Waals surface area contributed by atoms with Crippen molar-refractivity contribution in [3.8, 4) is 11.4 Å². The molecule has 0 aliphatic carbocycles. The van der Waals surface area contributed by atoms with Crippen molar-refractivity contribution < 1.29 is 4.39 Å². The topological polar surface area (TPSA) is 59.7 Å². The Hall–Kier alpha value is -4.16. The fourth-order valence-electron chi connectivity index (χ4n) is 5.88. The number of benzene rings is 2. The minimum atomic E-state index is -0.237. The molecule has 0 atom stereocenters. The Morgan fingerprint density at radius 3 is 2.70 bits per heavy atom. The molecule has 2 aromatic carbocycles. The van der Waals surface area contributed by atoms with Crippen LogP contribution in [0, 0.1) is 5.82 Å². The van der Waals surface area contributed by atoms with E-state index in [0.717, 1.165) is 69.6 Å². The summed E-state index contributed by atoms with van der Waals surface area (Å²) < 4.78 is 13.5. The fourth-order valence-corrected chi connectivity index (χ4v) is 5.88. The lowest BCUT2D eigenvalue weighted by molar-refractivity contribution is 0.334. The quantitative estimate of drug-likeness (QED) is 0.194. The minimum absolute atomic E-state index is 0.237. The van der Waals surface area contributed by atoms with Crippen LogP contribution in [0.15, 0.2) is 85.1 Å². The minimum Gasteiger partial charge on any atom is -0.385 e. The Kier molecular flexibility index (Phi) is 7.51. The van der Waals surface area contributed by atoms with Gasteiger partial charge in [-0.15, -0.1) is 0 Å². The van der Waals surface area contributed by atoms with Crippen LogP contribution in [0.2, 0.25) is 0 Å². The molecule has 1 fully saturated rings. The van der Waals surface area contributed by atoms with Gasteiger partial charge in [-0.2, -0.15) is 5.10 Å². The number of likely N-dealkylation sites (tertiary alicyclic amines) is 1. The molecule has 2 aromatic heterocycles.